The number of aliphatic hydroxyl groups is 1. The average Bonchev–Trinajstić information content (AvgIpc) is 2.18. The molecule has 0 aromatic carbocycles. The molecule has 0 aliphatic carbocycles. The molecule has 1 heterocycles. The molecule has 0 bridgehead atoms. The summed E-state index contributed by atoms with van der Waals surface area (Å²) in [7, 11) is 0. The van der Waals surface area contributed by atoms with Crippen LogP contribution in [0.5, 0.6) is 0 Å². The van der Waals surface area contributed by atoms with E-state index >= 15 is 0 Å². The van der Waals surface area contributed by atoms with E-state index in [0.717, 1.165) is 5.56 Å². The van der Waals surface area contributed by atoms with Crippen LogP contribution in [0.4, 0.5) is 0 Å². The van der Waals surface area contributed by atoms with E-state index in [9.17, 15) is 4.79 Å². The number of aryl methyl sites for hydroxylation is 1. The van der Waals surface area contributed by atoms with Crippen molar-refractivity contribution in [1.29, 1.82) is 0 Å². The van der Waals surface area contributed by atoms with Gasteiger partial charge in [-0.05, 0) is 25.5 Å². The van der Waals surface area contributed by atoms with Gasteiger partial charge < -0.3 is 10.4 Å². The van der Waals surface area contributed by atoms with Gasteiger partial charge in [-0.1, -0.05) is 6.07 Å². The fraction of sp³-hybridized carbons (Fsp3) is 0.400. The van der Waals surface area contributed by atoms with Crippen LogP contribution in [0.15, 0.2) is 18.3 Å². The summed E-state index contributed by atoms with van der Waals surface area (Å²) in [5.74, 6) is -0.246. The summed E-state index contributed by atoms with van der Waals surface area (Å²) in [6.07, 6.45) is 1.57. The standard InChI is InChI=1S/C10H14N2O2/c1-7-4-3-5-11-9(7)10(14)12-8(2)6-13/h3-5,8,13H,6H2,1-2H3,(H,12,14)/t8-/m1/s1. The Morgan fingerprint density at radius 1 is 1.71 bits per heavy atom. The fourth-order valence-corrected chi connectivity index (χ4v) is 1.06. The Morgan fingerprint density at radius 2 is 2.43 bits per heavy atom. The van der Waals surface area contributed by atoms with Crippen LogP contribution in [-0.2, 0) is 0 Å². The molecule has 2 N–H and O–H groups in total. The second kappa shape index (κ2) is 4.72. The molecule has 1 atom stereocenters. The number of rotatable bonds is 3. The van der Waals surface area contributed by atoms with Gasteiger partial charge >= 0.3 is 0 Å². The van der Waals surface area contributed by atoms with Crippen molar-refractivity contribution in [2.24, 2.45) is 0 Å². The van der Waals surface area contributed by atoms with E-state index in [0.29, 0.717) is 5.69 Å². The lowest BCUT2D eigenvalue weighted by Gasteiger charge is -2.10. The van der Waals surface area contributed by atoms with Gasteiger partial charge in [-0.3, -0.25) is 9.78 Å². The van der Waals surface area contributed by atoms with Gasteiger partial charge in [0, 0.05) is 12.2 Å². The van der Waals surface area contributed by atoms with Crippen molar-refractivity contribution in [3.05, 3.63) is 29.6 Å². The summed E-state index contributed by atoms with van der Waals surface area (Å²) >= 11 is 0. The molecule has 0 fully saturated rings. The SMILES string of the molecule is Cc1cccnc1C(=O)N[C@H](C)CO. The Morgan fingerprint density at radius 3 is 3.00 bits per heavy atom. The summed E-state index contributed by atoms with van der Waals surface area (Å²) < 4.78 is 0. The van der Waals surface area contributed by atoms with E-state index in [1.807, 2.05) is 13.0 Å². The van der Waals surface area contributed by atoms with E-state index in [2.05, 4.69) is 10.3 Å². The topological polar surface area (TPSA) is 62.2 Å². The quantitative estimate of drug-likeness (QED) is 0.736. The zero-order chi connectivity index (χ0) is 10.6. The highest BCUT2D eigenvalue weighted by atomic mass is 16.3. The van der Waals surface area contributed by atoms with Gasteiger partial charge in [-0.25, -0.2) is 0 Å². The molecular weight excluding hydrogens is 180 g/mol. The van der Waals surface area contributed by atoms with Crippen molar-refractivity contribution in [1.82, 2.24) is 10.3 Å². The number of amides is 1. The van der Waals surface area contributed by atoms with Gasteiger partial charge in [0.25, 0.3) is 5.91 Å². The number of carbonyl (C=O) groups is 1. The molecular formula is C10H14N2O2. The van der Waals surface area contributed by atoms with Crippen molar-refractivity contribution in [3.63, 3.8) is 0 Å². The van der Waals surface area contributed by atoms with E-state index < -0.39 is 0 Å². The molecule has 0 aliphatic heterocycles. The zero-order valence-corrected chi connectivity index (χ0v) is 8.32. The Hall–Kier alpha value is -1.42. The normalized spacial score (nSPS) is 12.2. The summed E-state index contributed by atoms with van der Waals surface area (Å²) in [5.41, 5.74) is 1.24. The maximum Gasteiger partial charge on any atom is 0.270 e. The predicted molar refractivity (Wildman–Crippen MR) is 53.0 cm³/mol. The molecule has 0 spiro atoms. The van der Waals surface area contributed by atoms with Crippen molar-refractivity contribution < 1.29 is 9.90 Å². The third-order valence-corrected chi connectivity index (χ3v) is 1.88. The molecule has 4 heteroatoms. The molecule has 0 aliphatic rings. The molecule has 76 valence electrons. The Kier molecular flexibility index (Phi) is 3.59. The van der Waals surface area contributed by atoms with Gasteiger partial charge in [0.1, 0.15) is 5.69 Å². The number of aliphatic hydroxyl groups excluding tert-OH is 1. The van der Waals surface area contributed by atoms with E-state index in [-0.39, 0.29) is 18.6 Å². The zero-order valence-electron chi connectivity index (χ0n) is 8.32. The maximum atomic E-state index is 11.6. The predicted octanol–water partition coefficient (Wildman–Crippen LogP) is 0.501. The lowest BCUT2D eigenvalue weighted by atomic mass is 10.2. The highest BCUT2D eigenvalue weighted by molar-refractivity contribution is 5.93. The molecule has 1 aromatic rings. The van der Waals surface area contributed by atoms with Crippen molar-refractivity contribution in [3.8, 4) is 0 Å². The number of hydrogen-bond donors (Lipinski definition) is 2. The summed E-state index contributed by atoms with van der Waals surface area (Å²) in [6, 6.07) is 3.36. The minimum Gasteiger partial charge on any atom is -0.394 e. The minimum absolute atomic E-state index is 0.0718. The second-order valence-electron chi connectivity index (χ2n) is 3.23. The van der Waals surface area contributed by atoms with Crippen LogP contribution in [0.3, 0.4) is 0 Å². The number of hydrogen-bond acceptors (Lipinski definition) is 3. The van der Waals surface area contributed by atoms with Crippen LogP contribution in [-0.4, -0.2) is 28.6 Å². The monoisotopic (exact) mass is 194 g/mol. The van der Waals surface area contributed by atoms with E-state index in [1.54, 1.807) is 19.2 Å². The Balaban J connectivity index is 2.75. The summed E-state index contributed by atoms with van der Waals surface area (Å²) in [6.45, 7) is 3.49. The van der Waals surface area contributed by atoms with Crippen LogP contribution in [0.1, 0.15) is 23.0 Å². The minimum atomic E-state index is -0.246. The highest BCUT2D eigenvalue weighted by Gasteiger charge is 2.11. The van der Waals surface area contributed by atoms with Gasteiger partial charge in [0.05, 0.1) is 6.61 Å². The first kappa shape index (κ1) is 10.7. The van der Waals surface area contributed by atoms with E-state index in [4.69, 9.17) is 5.11 Å². The smallest absolute Gasteiger partial charge is 0.270 e. The van der Waals surface area contributed by atoms with Gasteiger partial charge in [0.2, 0.25) is 0 Å². The number of nitrogens with zero attached hydrogens (tertiary/aromatic N) is 1. The van der Waals surface area contributed by atoms with Gasteiger partial charge in [-0.15, -0.1) is 0 Å². The molecule has 0 radical (unpaired) electrons. The molecule has 14 heavy (non-hydrogen) atoms. The van der Waals surface area contributed by atoms with Gasteiger partial charge in [0.15, 0.2) is 0 Å². The second-order valence-corrected chi connectivity index (χ2v) is 3.23. The van der Waals surface area contributed by atoms with Crippen LogP contribution in [0, 0.1) is 6.92 Å². The third kappa shape index (κ3) is 2.53. The van der Waals surface area contributed by atoms with Crippen LogP contribution in [0.25, 0.3) is 0 Å². The molecule has 0 saturated carbocycles. The maximum absolute atomic E-state index is 11.6. The van der Waals surface area contributed by atoms with E-state index in [1.165, 1.54) is 0 Å². The van der Waals surface area contributed by atoms with Crippen LogP contribution < -0.4 is 5.32 Å². The molecule has 0 saturated heterocycles. The fourth-order valence-electron chi connectivity index (χ4n) is 1.06. The Bertz CT molecular complexity index is 326. The van der Waals surface area contributed by atoms with Crippen LogP contribution >= 0.6 is 0 Å². The number of aromatic nitrogens is 1. The largest absolute Gasteiger partial charge is 0.394 e. The summed E-state index contributed by atoms with van der Waals surface area (Å²) in [5, 5.41) is 11.4. The molecule has 1 rings (SSSR count). The molecule has 0 unspecified atom stereocenters. The first-order valence-electron chi connectivity index (χ1n) is 4.48. The van der Waals surface area contributed by atoms with Crippen molar-refractivity contribution in [2.45, 2.75) is 19.9 Å². The van der Waals surface area contributed by atoms with Gasteiger partial charge in [-0.2, -0.15) is 0 Å². The van der Waals surface area contributed by atoms with Crippen LogP contribution in [0.2, 0.25) is 0 Å². The third-order valence-electron chi connectivity index (χ3n) is 1.88. The number of pyridine rings is 1. The molecule has 4 nitrogen and oxygen atoms in total. The lowest BCUT2D eigenvalue weighted by molar-refractivity contribution is 0.0916. The molecule has 1 aromatic heterocycles. The lowest BCUT2D eigenvalue weighted by Crippen LogP contribution is -2.35. The average molecular weight is 194 g/mol. The first-order valence-corrected chi connectivity index (χ1v) is 4.48. The van der Waals surface area contributed by atoms with Crippen molar-refractivity contribution in [2.75, 3.05) is 6.61 Å². The number of carbonyl (C=O) groups excluding carboxylic acids is 1. The number of nitrogens with one attached hydrogen (secondary N) is 1. The first-order chi connectivity index (χ1) is 6.65. The summed E-state index contributed by atoms with van der Waals surface area (Å²) in [4.78, 5) is 15.5. The molecule has 1 amide bonds. The van der Waals surface area contributed by atoms with Crippen molar-refractivity contribution >= 4 is 5.91 Å². The Labute approximate surface area is 83.0 Å². The highest BCUT2D eigenvalue weighted by Crippen LogP contribution is 2.02.